The number of fused-ring (bicyclic) bond motifs is 8. The van der Waals surface area contributed by atoms with Gasteiger partial charge in [0.25, 0.3) is 0 Å². The SMILES string of the molecule is NCCC(=O)NCCC(=O)c1c2nc(cc3ccc(cc4nc(cc5ccc1[nH]5)CC4)[nH]3)CC2. The standard InChI is InChI=1S/C26H28N6O2/c27-11-9-25(34)28-12-10-24(33)26-22-7-5-20(31-22)14-18-3-1-16(29-18)13-17-2-4-19(30-17)15-21-6-8-23(26)32-21/h1,3,6,8,13-15,29,32H,2,4-5,7,9-12,27H2,(H,28,34). The number of nitrogens with one attached hydrogen (secondary N) is 3. The topological polar surface area (TPSA) is 130 Å². The highest BCUT2D eigenvalue weighted by Gasteiger charge is 2.19. The molecule has 0 aromatic carbocycles. The van der Waals surface area contributed by atoms with Crippen LogP contribution in [0.15, 0.2) is 42.5 Å². The van der Waals surface area contributed by atoms with Gasteiger partial charge in [-0.15, -0.1) is 0 Å². The summed E-state index contributed by atoms with van der Waals surface area (Å²) in [5, 5.41) is 2.77. The molecule has 0 aliphatic carbocycles. The van der Waals surface area contributed by atoms with Gasteiger partial charge in [-0.1, -0.05) is 0 Å². The maximum atomic E-state index is 13.3. The molecule has 0 atom stereocenters. The Hall–Kier alpha value is -3.78. The number of carbonyl (C=O) groups excluding carboxylic acids is 2. The van der Waals surface area contributed by atoms with Gasteiger partial charge in [0, 0.05) is 59.6 Å². The van der Waals surface area contributed by atoms with E-state index >= 15 is 0 Å². The van der Waals surface area contributed by atoms with E-state index in [0.717, 1.165) is 64.1 Å². The molecule has 0 saturated carbocycles. The van der Waals surface area contributed by atoms with Crippen molar-refractivity contribution in [3.63, 3.8) is 0 Å². The number of nitrogens with zero attached hydrogens (tertiary/aromatic N) is 2. The molecule has 0 fully saturated rings. The van der Waals surface area contributed by atoms with E-state index in [-0.39, 0.29) is 37.6 Å². The molecule has 1 amide bonds. The van der Waals surface area contributed by atoms with Crippen molar-refractivity contribution in [3.05, 3.63) is 70.8 Å². The molecule has 174 valence electrons. The van der Waals surface area contributed by atoms with Crippen LogP contribution in [0.1, 0.15) is 46.0 Å². The fourth-order valence-electron chi connectivity index (χ4n) is 4.48. The molecule has 8 heteroatoms. The number of hydrogen-bond acceptors (Lipinski definition) is 5. The summed E-state index contributed by atoms with van der Waals surface area (Å²) in [4.78, 5) is 41.5. The molecule has 3 aromatic rings. The summed E-state index contributed by atoms with van der Waals surface area (Å²) in [5.74, 6) is -0.192. The first-order valence-corrected chi connectivity index (χ1v) is 11.7. The van der Waals surface area contributed by atoms with E-state index in [9.17, 15) is 9.59 Å². The molecule has 0 saturated heterocycles. The number of amides is 1. The third kappa shape index (κ3) is 4.92. The summed E-state index contributed by atoms with van der Waals surface area (Å²) in [6.07, 6.45) is 3.68. The van der Waals surface area contributed by atoms with Crippen molar-refractivity contribution < 1.29 is 9.59 Å². The molecule has 8 nitrogen and oxygen atoms in total. The summed E-state index contributed by atoms with van der Waals surface area (Å²) in [6.45, 7) is 0.559. The van der Waals surface area contributed by atoms with Gasteiger partial charge in [-0.25, -0.2) is 0 Å². The number of Topliss-reactive ketones (excluding diaryl/α,β-unsaturated/α-hetero) is 1. The molecule has 2 aliphatic heterocycles. The Bertz CT molecular complexity index is 1400. The van der Waals surface area contributed by atoms with E-state index in [1.54, 1.807) is 0 Å². The van der Waals surface area contributed by atoms with E-state index in [2.05, 4.69) is 21.4 Å². The lowest BCUT2D eigenvalue weighted by atomic mass is 10.0. The number of ketones is 1. The van der Waals surface area contributed by atoms with Crippen molar-refractivity contribution in [1.82, 2.24) is 25.3 Å². The Morgan fingerprint density at radius 2 is 1.44 bits per heavy atom. The highest BCUT2D eigenvalue weighted by Crippen LogP contribution is 2.22. The number of carbonyl (C=O) groups is 2. The second kappa shape index (κ2) is 9.61. The predicted octanol–water partition coefficient (Wildman–Crippen LogP) is 2.92. The second-order valence-electron chi connectivity index (χ2n) is 8.71. The zero-order chi connectivity index (χ0) is 23.5. The average Bonchev–Trinajstić information content (AvgIpc) is 3.60. The number of aromatic amines is 2. The Balaban J connectivity index is 1.62. The first-order chi connectivity index (χ1) is 16.6. The van der Waals surface area contributed by atoms with Gasteiger partial charge < -0.3 is 21.0 Å². The Labute approximate surface area is 197 Å². The summed E-state index contributed by atoms with van der Waals surface area (Å²) in [7, 11) is 0. The molecule has 2 aliphatic rings. The molecule has 8 bridgehead atoms. The van der Waals surface area contributed by atoms with Gasteiger partial charge in [-0.2, -0.15) is 0 Å². The minimum absolute atomic E-state index is 0.0480. The fraction of sp³-hybridized carbons (Fsp3) is 0.308. The van der Waals surface area contributed by atoms with E-state index in [4.69, 9.17) is 15.7 Å². The van der Waals surface area contributed by atoms with E-state index in [0.29, 0.717) is 12.0 Å². The second-order valence-corrected chi connectivity index (χ2v) is 8.71. The quantitative estimate of drug-likeness (QED) is 0.424. The number of aryl methyl sites for hydroxylation is 4. The number of hydrogen-bond donors (Lipinski definition) is 4. The van der Waals surface area contributed by atoms with Crippen LogP contribution in [-0.4, -0.2) is 44.7 Å². The highest BCUT2D eigenvalue weighted by atomic mass is 16.1. The van der Waals surface area contributed by atoms with E-state index < -0.39 is 0 Å². The van der Waals surface area contributed by atoms with Crippen molar-refractivity contribution >= 4 is 33.8 Å². The van der Waals surface area contributed by atoms with E-state index in [1.807, 2.05) is 36.4 Å². The number of nitrogens with two attached hydrogens (primary N) is 1. The number of rotatable bonds is 6. The van der Waals surface area contributed by atoms with Crippen LogP contribution in [-0.2, 0) is 30.5 Å². The third-order valence-electron chi connectivity index (χ3n) is 6.11. The zero-order valence-corrected chi connectivity index (χ0v) is 19.0. The maximum absolute atomic E-state index is 13.3. The summed E-state index contributed by atoms with van der Waals surface area (Å²) >= 11 is 0. The minimum atomic E-state index is -0.144. The average molecular weight is 457 g/mol. The minimum Gasteiger partial charge on any atom is -0.356 e. The van der Waals surface area contributed by atoms with Crippen LogP contribution in [0.4, 0.5) is 0 Å². The van der Waals surface area contributed by atoms with Crippen LogP contribution in [0.25, 0.3) is 22.1 Å². The maximum Gasteiger partial charge on any atom is 0.221 e. The van der Waals surface area contributed by atoms with Gasteiger partial charge in [0.05, 0.1) is 16.8 Å². The molecule has 5 heterocycles. The van der Waals surface area contributed by atoms with Crippen LogP contribution < -0.4 is 11.1 Å². The van der Waals surface area contributed by atoms with Crippen LogP contribution in [0.2, 0.25) is 0 Å². The van der Waals surface area contributed by atoms with Crippen LogP contribution >= 0.6 is 0 Å². The van der Waals surface area contributed by atoms with Crippen LogP contribution in [0, 0.1) is 0 Å². The number of aromatic nitrogens is 4. The smallest absolute Gasteiger partial charge is 0.221 e. The van der Waals surface area contributed by atoms with Gasteiger partial charge in [0.1, 0.15) is 0 Å². The lowest BCUT2D eigenvalue weighted by Crippen LogP contribution is -2.27. The Kier molecular flexibility index (Phi) is 6.22. The molecule has 0 radical (unpaired) electrons. The Morgan fingerprint density at radius 1 is 0.824 bits per heavy atom. The van der Waals surface area contributed by atoms with Crippen LogP contribution in [0.3, 0.4) is 0 Å². The van der Waals surface area contributed by atoms with Gasteiger partial charge in [-0.05, 0) is 68.1 Å². The van der Waals surface area contributed by atoms with Crippen molar-refractivity contribution in [1.29, 1.82) is 0 Å². The zero-order valence-electron chi connectivity index (χ0n) is 19.0. The van der Waals surface area contributed by atoms with Gasteiger partial charge in [0.2, 0.25) is 5.91 Å². The molecular formula is C26H28N6O2. The van der Waals surface area contributed by atoms with Crippen molar-refractivity contribution in [2.24, 2.45) is 5.73 Å². The molecule has 5 N–H and O–H groups in total. The van der Waals surface area contributed by atoms with Crippen molar-refractivity contribution in [2.75, 3.05) is 13.1 Å². The number of H-pyrrole nitrogens is 2. The predicted molar refractivity (Wildman–Crippen MR) is 131 cm³/mol. The first kappa shape index (κ1) is 22.0. The monoisotopic (exact) mass is 456 g/mol. The molecule has 5 rings (SSSR count). The van der Waals surface area contributed by atoms with Gasteiger partial charge >= 0.3 is 0 Å². The molecule has 34 heavy (non-hydrogen) atoms. The molecule has 3 aromatic heterocycles. The summed E-state index contributed by atoms with van der Waals surface area (Å²) < 4.78 is 0. The van der Waals surface area contributed by atoms with E-state index in [1.165, 1.54) is 0 Å². The molecule has 0 spiro atoms. The van der Waals surface area contributed by atoms with Gasteiger partial charge in [-0.3, -0.25) is 19.6 Å². The van der Waals surface area contributed by atoms with Crippen LogP contribution in [0.5, 0.6) is 0 Å². The molecule has 0 unspecified atom stereocenters. The molecular weight excluding hydrogens is 428 g/mol. The lowest BCUT2D eigenvalue weighted by molar-refractivity contribution is -0.120. The normalized spacial score (nSPS) is 13.1. The highest BCUT2D eigenvalue weighted by molar-refractivity contribution is 6.03. The van der Waals surface area contributed by atoms with Crippen molar-refractivity contribution in [2.45, 2.75) is 38.5 Å². The van der Waals surface area contributed by atoms with Crippen molar-refractivity contribution in [3.8, 4) is 0 Å². The lowest BCUT2D eigenvalue weighted by Gasteiger charge is -2.06. The summed E-state index contributed by atoms with van der Waals surface area (Å²) in [5.41, 5.74) is 13.4. The fourth-order valence-corrected chi connectivity index (χ4v) is 4.48. The Morgan fingerprint density at radius 3 is 2.15 bits per heavy atom. The third-order valence-corrected chi connectivity index (χ3v) is 6.11. The summed E-state index contributed by atoms with van der Waals surface area (Å²) in [6, 6.07) is 14.1. The first-order valence-electron chi connectivity index (χ1n) is 11.7. The van der Waals surface area contributed by atoms with Gasteiger partial charge in [0.15, 0.2) is 5.78 Å². The largest absolute Gasteiger partial charge is 0.356 e.